The third kappa shape index (κ3) is 4.95. The van der Waals surface area contributed by atoms with Crippen LogP contribution in [0.25, 0.3) is 0 Å². The van der Waals surface area contributed by atoms with Gasteiger partial charge in [-0.2, -0.15) is 5.10 Å². The van der Waals surface area contributed by atoms with Gasteiger partial charge in [-0.05, 0) is 25.5 Å². The molecule has 0 amide bonds. The first-order valence-electron chi connectivity index (χ1n) is 5.56. The third-order valence-corrected chi connectivity index (χ3v) is 2.42. The van der Waals surface area contributed by atoms with E-state index in [1.165, 1.54) is 0 Å². The van der Waals surface area contributed by atoms with Crippen molar-refractivity contribution in [3.05, 3.63) is 18.5 Å². The van der Waals surface area contributed by atoms with Gasteiger partial charge in [-0.3, -0.25) is 4.68 Å². The monoisotopic (exact) mass is 211 g/mol. The van der Waals surface area contributed by atoms with Gasteiger partial charge >= 0.3 is 0 Å². The molecule has 0 aromatic carbocycles. The van der Waals surface area contributed by atoms with E-state index < -0.39 is 0 Å². The topological polar surface area (TPSA) is 39.1 Å². The number of rotatable bonds is 8. The summed E-state index contributed by atoms with van der Waals surface area (Å²) in [4.78, 5) is 0. The first-order valence-corrected chi connectivity index (χ1v) is 5.56. The lowest BCUT2D eigenvalue weighted by Crippen LogP contribution is -2.33. The summed E-state index contributed by atoms with van der Waals surface area (Å²) in [5, 5.41) is 7.62. The average molecular weight is 211 g/mol. The molecule has 1 unspecified atom stereocenters. The minimum absolute atomic E-state index is 0.479. The number of ether oxygens (including phenoxy) is 1. The predicted octanol–water partition coefficient (Wildman–Crippen LogP) is 1.29. The van der Waals surface area contributed by atoms with Crippen molar-refractivity contribution in [3.63, 3.8) is 0 Å². The minimum atomic E-state index is 0.479. The fourth-order valence-electron chi connectivity index (χ4n) is 1.50. The van der Waals surface area contributed by atoms with Crippen molar-refractivity contribution in [3.8, 4) is 0 Å². The van der Waals surface area contributed by atoms with E-state index in [9.17, 15) is 0 Å². The summed E-state index contributed by atoms with van der Waals surface area (Å²) >= 11 is 0. The van der Waals surface area contributed by atoms with Gasteiger partial charge in [0.05, 0.1) is 6.61 Å². The van der Waals surface area contributed by atoms with Crippen LogP contribution in [0, 0.1) is 0 Å². The SMILES string of the molecule is CCC(COC)NCCCn1cccn1. The number of methoxy groups -OCH3 is 1. The summed E-state index contributed by atoms with van der Waals surface area (Å²) in [5.41, 5.74) is 0. The molecule has 1 atom stereocenters. The van der Waals surface area contributed by atoms with Crippen LogP contribution in [0.5, 0.6) is 0 Å². The Morgan fingerprint density at radius 3 is 3.00 bits per heavy atom. The van der Waals surface area contributed by atoms with Crippen LogP contribution in [-0.4, -0.2) is 36.1 Å². The Bertz CT molecular complexity index is 236. The van der Waals surface area contributed by atoms with Crippen LogP contribution in [0.2, 0.25) is 0 Å². The van der Waals surface area contributed by atoms with Gasteiger partial charge < -0.3 is 10.1 Å². The normalized spacial score (nSPS) is 12.9. The van der Waals surface area contributed by atoms with Crippen molar-refractivity contribution in [2.75, 3.05) is 20.3 Å². The molecule has 1 aromatic heterocycles. The molecule has 0 radical (unpaired) electrons. The lowest BCUT2D eigenvalue weighted by molar-refractivity contribution is 0.164. The highest BCUT2D eigenvalue weighted by Gasteiger charge is 2.03. The number of nitrogens with one attached hydrogen (secondary N) is 1. The molecular weight excluding hydrogens is 190 g/mol. The molecule has 4 nitrogen and oxygen atoms in total. The lowest BCUT2D eigenvalue weighted by atomic mass is 10.2. The van der Waals surface area contributed by atoms with E-state index in [0.29, 0.717) is 6.04 Å². The molecule has 0 saturated carbocycles. The van der Waals surface area contributed by atoms with E-state index in [4.69, 9.17) is 4.74 Å². The Morgan fingerprint density at radius 2 is 2.40 bits per heavy atom. The van der Waals surface area contributed by atoms with Gasteiger partial charge in [0.2, 0.25) is 0 Å². The molecule has 1 heterocycles. The lowest BCUT2D eigenvalue weighted by Gasteiger charge is -2.15. The van der Waals surface area contributed by atoms with Gasteiger partial charge in [0, 0.05) is 32.1 Å². The zero-order valence-corrected chi connectivity index (χ0v) is 9.65. The van der Waals surface area contributed by atoms with Gasteiger partial charge in [0.25, 0.3) is 0 Å². The molecule has 0 bridgehead atoms. The van der Waals surface area contributed by atoms with E-state index in [-0.39, 0.29) is 0 Å². The van der Waals surface area contributed by atoms with Crippen LogP contribution in [0.15, 0.2) is 18.5 Å². The summed E-state index contributed by atoms with van der Waals surface area (Å²) in [6.45, 7) is 4.95. The fraction of sp³-hybridized carbons (Fsp3) is 0.727. The number of hydrogen-bond acceptors (Lipinski definition) is 3. The van der Waals surface area contributed by atoms with E-state index >= 15 is 0 Å². The highest BCUT2D eigenvalue weighted by atomic mass is 16.5. The first kappa shape index (κ1) is 12.2. The molecule has 0 aliphatic heterocycles. The molecule has 1 aromatic rings. The molecule has 86 valence electrons. The number of nitrogens with zero attached hydrogens (tertiary/aromatic N) is 2. The van der Waals surface area contributed by atoms with E-state index in [2.05, 4.69) is 17.3 Å². The Labute approximate surface area is 91.6 Å². The van der Waals surface area contributed by atoms with Crippen molar-refractivity contribution in [2.24, 2.45) is 0 Å². The maximum absolute atomic E-state index is 5.12. The highest BCUT2D eigenvalue weighted by Crippen LogP contribution is 1.93. The van der Waals surface area contributed by atoms with Crippen LogP contribution in [-0.2, 0) is 11.3 Å². The van der Waals surface area contributed by atoms with Crippen LogP contribution in [0.3, 0.4) is 0 Å². The van der Waals surface area contributed by atoms with Crippen molar-refractivity contribution >= 4 is 0 Å². The molecule has 1 rings (SSSR count). The van der Waals surface area contributed by atoms with Crippen LogP contribution >= 0.6 is 0 Å². The van der Waals surface area contributed by atoms with Crippen molar-refractivity contribution in [2.45, 2.75) is 32.4 Å². The Balaban J connectivity index is 2.05. The van der Waals surface area contributed by atoms with Crippen molar-refractivity contribution < 1.29 is 4.74 Å². The summed E-state index contributed by atoms with van der Waals surface area (Å²) in [5.74, 6) is 0. The van der Waals surface area contributed by atoms with E-state index in [1.54, 1.807) is 7.11 Å². The quantitative estimate of drug-likeness (QED) is 0.659. The Kier molecular flexibility index (Phi) is 6.04. The Hall–Kier alpha value is -0.870. The molecule has 0 aliphatic rings. The van der Waals surface area contributed by atoms with E-state index in [1.807, 2.05) is 23.1 Å². The number of aryl methyl sites for hydroxylation is 1. The smallest absolute Gasteiger partial charge is 0.0615 e. The van der Waals surface area contributed by atoms with Crippen molar-refractivity contribution in [1.29, 1.82) is 0 Å². The van der Waals surface area contributed by atoms with Crippen molar-refractivity contribution in [1.82, 2.24) is 15.1 Å². The molecule has 4 heteroatoms. The van der Waals surface area contributed by atoms with Gasteiger partial charge in [0.15, 0.2) is 0 Å². The fourth-order valence-corrected chi connectivity index (χ4v) is 1.50. The molecule has 0 aliphatic carbocycles. The molecule has 15 heavy (non-hydrogen) atoms. The average Bonchev–Trinajstić information content (AvgIpc) is 2.75. The summed E-state index contributed by atoms with van der Waals surface area (Å²) in [6.07, 6.45) is 6.01. The second-order valence-corrected chi connectivity index (χ2v) is 3.64. The van der Waals surface area contributed by atoms with Gasteiger partial charge in [0.1, 0.15) is 0 Å². The minimum Gasteiger partial charge on any atom is -0.383 e. The maximum atomic E-state index is 5.12. The second-order valence-electron chi connectivity index (χ2n) is 3.64. The molecule has 0 saturated heterocycles. The first-order chi connectivity index (χ1) is 7.36. The number of aromatic nitrogens is 2. The van der Waals surface area contributed by atoms with Gasteiger partial charge in [-0.15, -0.1) is 0 Å². The Morgan fingerprint density at radius 1 is 1.53 bits per heavy atom. The zero-order valence-electron chi connectivity index (χ0n) is 9.65. The number of hydrogen-bond donors (Lipinski definition) is 1. The molecule has 0 fully saturated rings. The zero-order chi connectivity index (χ0) is 10.9. The largest absolute Gasteiger partial charge is 0.383 e. The molecular formula is C11H21N3O. The summed E-state index contributed by atoms with van der Waals surface area (Å²) in [7, 11) is 1.74. The van der Waals surface area contributed by atoms with Crippen LogP contribution in [0.1, 0.15) is 19.8 Å². The molecule has 0 spiro atoms. The standard InChI is InChI=1S/C11H21N3O/c1-3-11(10-15-2)12-6-4-8-14-9-5-7-13-14/h5,7,9,11-12H,3-4,6,8,10H2,1-2H3. The second kappa shape index (κ2) is 7.43. The van der Waals surface area contributed by atoms with Crippen LogP contribution < -0.4 is 5.32 Å². The highest BCUT2D eigenvalue weighted by molar-refractivity contribution is 4.77. The third-order valence-electron chi connectivity index (χ3n) is 2.42. The molecule has 1 N–H and O–H groups in total. The predicted molar refractivity (Wildman–Crippen MR) is 60.8 cm³/mol. The van der Waals surface area contributed by atoms with E-state index in [0.717, 1.165) is 32.5 Å². The van der Waals surface area contributed by atoms with Crippen LogP contribution in [0.4, 0.5) is 0 Å². The van der Waals surface area contributed by atoms with Gasteiger partial charge in [-0.25, -0.2) is 0 Å². The summed E-state index contributed by atoms with van der Waals surface area (Å²) < 4.78 is 7.08. The van der Waals surface area contributed by atoms with Gasteiger partial charge in [-0.1, -0.05) is 6.92 Å². The summed E-state index contributed by atoms with van der Waals surface area (Å²) in [6, 6.07) is 2.43. The maximum Gasteiger partial charge on any atom is 0.0615 e.